The molecule has 142 valence electrons. The molecule has 0 aliphatic rings. The normalized spacial score (nSPS) is 11.9. The third-order valence-electron chi connectivity index (χ3n) is 4.45. The summed E-state index contributed by atoms with van der Waals surface area (Å²) < 4.78 is 43.9. The number of aryl methyl sites for hydroxylation is 2. The van der Waals surface area contributed by atoms with Gasteiger partial charge in [0.05, 0.1) is 5.52 Å². The van der Waals surface area contributed by atoms with Crippen molar-refractivity contribution in [2.45, 2.75) is 20.0 Å². The molecule has 5 nitrogen and oxygen atoms in total. The van der Waals surface area contributed by atoms with Crippen molar-refractivity contribution >= 4 is 16.8 Å². The molecule has 0 fully saturated rings. The minimum atomic E-state index is -4.71. The first kappa shape index (κ1) is 18.0. The zero-order valence-corrected chi connectivity index (χ0v) is 14.9. The van der Waals surface area contributed by atoms with Crippen LogP contribution in [-0.2, 0) is 6.18 Å². The second-order valence-electron chi connectivity index (χ2n) is 6.51. The van der Waals surface area contributed by atoms with Crippen molar-refractivity contribution in [1.82, 2.24) is 14.7 Å². The summed E-state index contributed by atoms with van der Waals surface area (Å²) in [5.41, 5.74) is 3.28. The van der Waals surface area contributed by atoms with Crippen LogP contribution in [0.1, 0.15) is 27.4 Å². The Hall–Kier alpha value is -3.42. The number of benzene rings is 2. The van der Waals surface area contributed by atoms with E-state index in [4.69, 9.17) is 0 Å². The summed E-state index contributed by atoms with van der Waals surface area (Å²) in [7, 11) is 0. The average Bonchev–Trinajstić information content (AvgIpc) is 3.27. The molecule has 4 aromatic rings. The van der Waals surface area contributed by atoms with Crippen molar-refractivity contribution in [2.75, 3.05) is 0 Å². The van der Waals surface area contributed by atoms with Gasteiger partial charge in [0.15, 0.2) is 0 Å². The van der Waals surface area contributed by atoms with E-state index in [-0.39, 0.29) is 11.7 Å². The van der Waals surface area contributed by atoms with E-state index in [0.717, 1.165) is 16.5 Å². The van der Waals surface area contributed by atoms with Crippen molar-refractivity contribution in [1.29, 1.82) is 0 Å². The number of alkyl halides is 3. The van der Waals surface area contributed by atoms with E-state index in [0.29, 0.717) is 16.6 Å². The molecule has 0 saturated heterocycles. The molecule has 0 aliphatic heterocycles. The predicted octanol–water partition coefficient (Wildman–Crippen LogP) is 5.02. The first-order valence-corrected chi connectivity index (χ1v) is 8.38. The fourth-order valence-corrected chi connectivity index (χ4v) is 3.00. The second-order valence-corrected chi connectivity index (χ2v) is 6.51. The number of carbonyl (C=O) groups is 1. The van der Waals surface area contributed by atoms with Crippen molar-refractivity contribution in [3.05, 3.63) is 71.2 Å². The molecule has 0 saturated carbocycles. The summed E-state index contributed by atoms with van der Waals surface area (Å²) in [5.74, 6) is -1.84. The van der Waals surface area contributed by atoms with E-state index >= 15 is 0 Å². The van der Waals surface area contributed by atoms with Crippen molar-refractivity contribution in [2.24, 2.45) is 0 Å². The third kappa shape index (κ3) is 3.06. The maximum atomic E-state index is 12.9. The van der Waals surface area contributed by atoms with Crippen LogP contribution >= 0.6 is 0 Å². The van der Waals surface area contributed by atoms with Gasteiger partial charge in [-0.05, 0) is 37.6 Å². The number of rotatable bonds is 2. The van der Waals surface area contributed by atoms with Crippen LogP contribution < -0.4 is 0 Å². The molecular formula is C20H14F3N3O2. The quantitative estimate of drug-likeness (QED) is 0.486. The predicted molar refractivity (Wildman–Crippen MR) is 95.9 cm³/mol. The number of fused-ring (bicyclic) bond motifs is 1. The zero-order valence-electron chi connectivity index (χ0n) is 14.9. The van der Waals surface area contributed by atoms with Gasteiger partial charge in [0.1, 0.15) is 0 Å². The molecule has 2 aromatic carbocycles. The summed E-state index contributed by atoms with van der Waals surface area (Å²) >= 11 is 0. The van der Waals surface area contributed by atoms with E-state index in [1.54, 1.807) is 36.5 Å². The van der Waals surface area contributed by atoms with Crippen molar-refractivity contribution in [3.8, 4) is 11.4 Å². The third-order valence-corrected chi connectivity index (χ3v) is 4.45. The first-order valence-electron chi connectivity index (χ1n) is 8.38. The molecule has 0 atom stereocenters. The minimum absolute atomic E-state index is 0.192. The summed E-state index contributed by atoms with van der Waals surface area (Å²) in [6.07, 6.45) is -3.01. The topological polar surface area (TPSA) is 60.9 Å². The molecule has 0 amide bonds. The molecule has 28 heavy (non-hydrogen) atoms. The Bertz CT molecular complexity index is 1190. The monoisotopic (exact) mass is 385 g/mol. The van der Waals surface area contributed by atoms with E-state index in [9.17, 15) is 18.0 Å². The highest BCUT2D eigenvalue weighted by atomic mass is 19.4. The fourth-order valence-electron chi connectivity index (χ4n) is 3.00. The Balaban J connectivity index is 1.81. The molecule has 0 aliphatic carbocycles. The molecule has 0 spiro atoms. The molecule has 0 radical (unpaired) electrons. The molecule has 2 aromatic heterocycles. The molecule has 0 bridgehead atoms. The van der Waals surface area contributed by atoms with E-state index < -0.39 is 12.1 Å². The van der Waals surface area contributed by atoms with Crippen LogP contribution in [0.25, 0.3) is 22.3 Å². The smallest absolute Gasteiger partial charge is 0.329 e. The van der Waals surface area contributed by atoms with Gasteiger partial charge >= 0.3 is 12.1 Å². The molecule has 0 N–H and O–H groups in total. The van der Waals surface area contributed by atoms with E-state index in [2.05, 4.69) is 14.7 Å². The van der Waals surface area contributed by atoms with E-state index in [1.165, 1.54) is 4.57 Å². The fraction of sp³-hybridized carbons (Fsp3) is 0.150. The van der Waals surface area contributed by atoms with Crippen LogP contribution in [0.5, 0.6) is 0 Å². The maximum absolute atomic E-state index is 12.9. The van der Waals surface area contributed by atoms with Crippen LogP contribution in [0.15, 0.2) is 53.2 Å². The summed E-state index contributed by atoms with van der Waals surface area (Å²) in [6, 6.07) is 12.1. The van der Waals surface area contributed by atoms with Crippen LogP contribution in [-0.4, -0.2) is 20.6 Å². The van der Waals surface area contributed by atoms with Gasteiger partial charge in [-0.25, -0.2) is 0 Å². The van der Waals surface area contributed by atoms with Gasteiger partial charge in [-0.1, -0.05) is 35.0 Å². The maximum Gasteiger partial charge on any atom is 0.471 e. The minimum Gasteiger partial charge on any atom is -0.329 e. The first-order chi connectivity index (χ1) is 13.2. The van der Waals surface area contributed by atoms with E-state index in [1.807, 2.05) is 26.0 Å². The Morgan fingerprint density at radius 3 is 2.43 bits per heavy atom. The largest absolute Gasteiger partial charge is 0.471 e. The number of nitrogens with zero attached hydrogens (tertiary/aromatic N) is 3. The summed E-state index contributed by atoms with van der Waals surface area (Å²) in [5, 5.41) is 4.22. The number of carbonyl (C=O) groups excluding carboxylic acids is 1. The highest BCUT2D eigenvalue weighted by Crippen LogP contribution is 2.31. The van der Waals surface area contributed by atoms with Crippen LogP contribution in [0.4, 0.5) is 13.2 Å². The Morgan fingerprint density at radius 1 is 1.07 bits per heavy atom. The Morgan fingerprint density at radius 2 is 1.79 bits per heavy atom. The Labute approximate surface area is 157 Å². The number of halogens is 3. The highest BCUT2D eigenvalue weighted by Gasteiger charge is 2.38. The van der Waals surface area contributed by atoms with Gasteiger partial charge in [-0.2, -0.15) is 18.2 Å². The molecule has 4 rings (SSSR count). The van der Waals surface area contributed by atoms with Gasteiger partial charge in [-0.15, -0.1) is 0 Å². The van der Waals surface area contributed by atoms with Gasteiger partial charge in [-0.3, -0.25) is 9.36 Å². The average molecular weight is 385 g/mol. The zero-order chi connectivity index (χ0) is 20.1. The molecule has 2 heterocycles. The number of hydrogen-bond acceptors (Lipinski definition) is 4. The second kappa shape index (κ2) is 6.33. The lowest BCUT2D eigenvalue weighted by molar-refractivity contribution is -0.159. The van der Waals surface area contributed by atoms with Crippen LogP contribution in [0, 0.1) is 13.8 Å². The molecule has 8 heteroatoms. The summed E-state index contributed by atoms with van der Waals surface area (Å²) in [4.78, 5) is 16.3. The van der Waals surface area contributed by atoms with Crippen molar-refractivity contribution < 1.29 is 22.5 Å². The van der Waals surface area contributed by atoms with Crippen molar-refractivity contribution in [3.63, 3.8) is 0 Å². The lowest BCUT2D eigenvalue weighted by Gasteiger charge is -2.05. The number of hydrogen-bond donors (Lipinski definition) is 0. The highest BCUT2D eigenvalue weighted by molar-refractivity contribution is 6.03. The standard InChI is InChI=1S/C20H14F3N3O2/c1-11-3-5-13(6-4-11)18(27)26-10-12(2)15-8-7-14(9-16(15)26)17-24-19(28-25-17)20(21,22)23/h3-10H,1-2H3. The SMILES string of the molecule is Cc1ccc(C(=O)n2cc(C)c3ccc(-c4noc(C(F)(F)F)n4)cc32)cc1. The molecular weight excluding hydrogens is 371 g/mol. The lowest BCUT2D eigenvalue weighted by atomic mass is 10.1. The molecule has 0 unspecified atom stereocenters. The summed E-state index contributed by atoms with van der Waals surface area (Å²) in [6.45, 7) is 3.78. The van der Waals surface area contributed by atoms with Crippen LogP contribution in [0.2, 0.25) is 0 Å². The van der Waals surface area contributed by atoms with Gasteiger partial charge in [0.25, 0.3) is 5.91 Å². The Kier molecular flexibility index (Phi) is 4.06. The lowest BCUT2D eigenvalue weighted by Crippen LogP contribution is -2.10. The number of aromatic nitrogens is 3. The van der Waals surface area contributed by atoms with Crippen LogP contribution in [0.3, 0.4) is 0 Å². The van der Waals surface area contributed by atoms with Gasteiger partial charge < -0.3 is 4.52 Å². The van der Waals surface area contributed by atoms with Gasteiger partial charge in [0, 0.05) is 22.7 Å². The van der Waals surface area contributed by atoms with Gasteiger partial charge in [0.2, 0.25) is 5.82 Å².